The first-order chi connectivity index (χ1) is 9.55. The third-order valence-electron chi connectivity index (χ3n) is 4.02. The summed E-state index contributed by atoms with van der Waals surface area (Å²) < 4.78 is 26.7. The van der Waals surface area contributed by atoms with Gasteiger partial charge < -0.3 is 5.73 Å². The molecule has 1 aliphatic carbocycles. The van der Waals surface area contributed by atoms with Crippen LogP contribution in [0.15, 0.2) is 23.2 Å². The number of rotatable bonds is 4. The lowest BCUT2D eigenvalue weighted by Crippen LogP contribution is -2.36. The van der Waals surface area contributed by atoms with Crippen molar-refractivity contribution in [1.29, 1.82) is 0 Å². The maximum absolute atomic E-state index is 12.6. The second-order valence-electron chi connectivity index (χ2n) is 5.36. The summed E-state index contributed by atoms with van der Waals surface area (Å²) in [6.45, 7) is 0.318. The lowest BCUT2D eigenvalue weighted by Gasteiger charge is -2.26. The summed E-state index contributed by atoms with van der Waals surface area (Å²) in [5.74, 6) is 0. The van der Waals surface area contributed by atoms with Gasteiger partial charge in [-0.3, -0.25) is 4.98 Å². The topological polar surface area (TPSA) is 76.3 Å². The van der Waals surface area contributed by atoms with E-state index in [0.717, 1.165) is 25.7 Å². The van der Waals surface area contributed by atoms with Crippen molar-refractivity contribution < 1.29 is 8.42 Å². The Bertz CT molecular complexity index is 520. The van der Waals surface area contributed by atoms with Crippen LogP contribution in [0.4, 0.5) is 0 Å². The molecule has 0 amide bonds. The molecule has 2 rings (SSSR count). The fourth-order valence-electron chi connectivity index (χ4n) is 2.67. The Balaban J connectivity index is 2.18. The van der Waals surface area contributed by atoms with E-state index < -0.39 is 10.0 Å². The van der Waals surface area contributed by atoms with Crippen molar-refractivity contribution >= 4 is 10.0 Å². The van der Waals surface area contributed by atoms with E-state index in [-0.39, 0.29) is 10.9 Å². The summed E-state index contributed by atoms with van der Waals surface area (Å²) in [6.07, 6.45) is 7.93. The lowest BCUT2D eigenvalue weighted by atomic mass is 10.1. The summed E-state index contributed by atoms with van der Waals surface area (Å²) in [5, 5.41) is 0. The molecule has 0 aromatic carbocycles. The summed E-state index contributed by atoms with van der Waals surface area (Å²) in [4.78, 5) is 4.33. The maximum Gasteiger partial charge on any atom is 0.244 e. The van der Waals surface area contributed by atoms with Crippen molar-refractivity contribution in [1.82, 2.24) is 9.29 Å². The maximum atomic E-state index is 12.6. The molecule has 0 bridgehead atoms. The fourth-order valence-corrected chi connectivity index (χ4v) is 4.03. The molecule has 1 saturated carbocycles. The highest BCUT2D eigenvalue weighted by Crippen LogP contribution is 2.25. The molecule has 0 aliphatic heterocycles. The normalized spacial score (nSPS) is 18.1. The van der Waals surface area contributed by atoms with Gasteiger partial charge in [0.15, 0.2) is 0 Å². The van der Waals surface area contributed by atoms with Crippen LogP contribution < -0.4 is 5.73 Å². The molecule has 5 nitrogen and oxygen atoms in total. The zero-order valence-electron chi connectivity index (χ0n) is 12.0. The average molecular weight is 297 g/mol. The molecular weight excluding hydrogens is 274 g/mol. The van der Waals surface area contributed by atoms with Crippen molar-refractivity contribution in [2.75, 3.05) is 7.05 Å². The fraction of sp³-hybridized carbons (Fsp3) is 0.643. The molecule has 0 atom stereocenters. The molecule has 0 unspecified atom stereocenters. The van der Waals surface area contributed by atoms with Crippen LogP contribution in [0.1, 0.15) is 44.2 Å². The monoisotopic (exact) mass is 297 g/mol. The minimum Gasteiger partial charge on any atom is -0.325 e. The predicted molar refractivity (Wildman–Crippen MR) is 78.6 cm³/mol. The van der Waals surface area contributed by atoms with E-state index in [2.05, 4.69) is 4.98 Å². The van der Waals surface area contributed by atoms with Gasteiger partial charge in [-0.2, -0.15) is 4.31 Å². The van der Waals surface area contributed by atoms with Gasteiger partial charge in [0.1, 0.15) is 4.90 Å². The summed E-state index contributed by atoms with van der Waals surface area (Å²) in [5.41, 5.74) is 6.18. The van der Waals surface area contributed by atoms with E-state index in [0.29, 0.717) is 12.2 Å². The van der Waals surface area contributed by atoms with E-state index in [1.54, 1.807) is 19.2 Å². The molecule has 20 heavy (non-hydrogen) atoms. The summed E-state index contributed by atoms with van der Waals surface area (Å²) >= 11 is 0. The molecule has 1 heterocycles. The first kappa shape index (κ1) is 15.4. The molecular formula is C14H23N3O2S. The van der Waals surface area contributed by atoms with Gasteiger partial charge in [0.2, 0.25) is 10.0 Å². The largest absolute Gasteiger partial charge is 0.325 e. The third kappa shape index (κ3) is 3.37. The number of pyridine rings is 1. The van der Waals surface area contributed by atoms with E-state index in [9.17, 15) is 8.42 Å². The highest BCUT2D eigenvalue weighted by atomic mass is 32.2. The molecule has 1 fully saturated rings. The number of aromatic nitrogens is 1. The van der Waals surface area contributed by atoms with Crippen LogP contribution in [0.25, 0.3) is 0 Å². The van der Waals surface area contributed by atoms with E-state index in [1.165, 1.54) is 23.3 Å². The second-order valence-corrected chi connectivity index (χ2v) is 7.35. The molecule has 0 radical (unpaired) electrons. The highest BCUT2D eigenvalue weighted by Gasteiger charge is 2.28. The molecule has 6 heteroatoms. The van der Waals surface area contributed by atoms with Crippen molar-refractivity contribution in [3.05, 3.63) is 24.0 Å². The predicted octanol–water partition coefficient (Wildman–Crippen LogP) is 1.88. The zero-order valence-corrected chi connectivity index (χ0v) is 12.8. The Kier molecular flexibility index (Phi) is 5.12. The SMILES string of the molecule is CN(C1CCCCCC1)S(=O)(=O)c1ccc(CN)nc1. The lowest BCUT2D eigenvalue weighted by molar-refractivity contribution is 0.335. The zero-order chi connectivity index (χ0) is 14.6. The van der Waals surface area contributed by atoms with Gasteiger partial charge in [-0.1, -0.05) is 25.7 Å². The molecule has 0 saturated heterocycles. The average Bonchev–Trinajstić information content (AvgIpc) is 2.75. The molecule has 112 valence electrons. The summed E-state index contributed by atoms with van der Waals surface area (Å²) in [6, 6.07) is 3.38. The van der Waals surface area contributed by atoms with Gasteiger partial charge in [0, 0.05) is 25.8 Å². The van der Waals surface area contributed by atoms with Gasteiger partial charge in [-0.25, -0.2) is 8.42 Å². The van der Waals surface area contributed by atoms with Gasteiger partial charge in [0.25, 0.3) is 0 Å². The van der Waals surface area contributed by atoms with E-state index >= 15 is 0 Å². The molecule has 1 aromatic rings. The number of hydrogen-bond donors (Lipinski definition) is 1. The number of nitrogens with zero attached hydrogens (tertiary/aromatic N) is 2. The van der Waals surface area contributed by atoms with Crippen LogP contribution in [0.5, 0.6) is 0 Å². The summed E-state index contributed by atoms with van der Waals surface area (Å²) in [7, 11) is -1.77. The highest BCUT2D eigenvalue weighted by molar-refractivity contribution is 7.89. The first-order valence-corrected chi connectivity index (χ1v) is 8.62. The van der Waals surface area contributed by atoms with Crippen LogP contribution >= 0.6 is 0 Å². The van der Waals surface area contributed by atoms with Gasteiger partial charge in [0.05, 0.1) is 5.69 Å². The van der Waals surface area contributed by atoms with Gasteiger partial charge in [-0.05, 0) is 25.0 Å². The second kappa shape index (κ2) is 6.65. The van der Waals surface area contributed by atoms with E-state index in [1.807, 2.05) is 0 Å². The Labute approximate surface area is 121 Å². The van der Waals surface area contributed by atoms with Crippen LogP contribution in [-0.2, 0) is 16.6 Å². The van der Waals surface area contributed by atoms with Crippen LogP contribution in [-0.4, -0.2) is 30.8 Å². The Morgan fingerprint density at radius 3 is 2.40 bits per heavy atom. The molecule has 1 aromatic heterocycles. The van der Waals surface area contributed by atoms with Crippen LogP contribution in [0.3, 0.4) is 0 Å². The Morgan fingerprint density at radius 1 is 1.25 bits per heavy atom. The van der Waals surface area contributed by atoms with Crippen LogP contribution in [0.2, 0.25) is 0 Å². The number of hydrogen-bond acceptors (Lipinski definition) is 4. The Hall–Kier alpha value is -0.980. The van der Waals surface area contributed by atoms with Crippen LogP contribution in [0, 0.1) is 0 Å². The molecule has 1 aliphatic rings. The van der Waals surface area contributed by atoms with Gasteiger partial charge in [-0.15, -0.1) is 0 Å². The van der Waals surface area contributed by atoms with Crippen molar-refractivity contribution in [2.45, 2.75) is 56.0 Å². The van der Waals surface area contributed by atoms with Crippen molar-refractivity contribution in [3.63, 3.8) is 0 Å². The minimum absolute atomic E-state index is 0.108. The standard InChI is InChI=1S/C14H23N3O2S/c1-17(13-6-4-2-3-5-7-13)20(18,19)14-9-8-12(10-15)16-11-14/h8-9,11,13H,2-7,10,15H2,1H3. The minimum atomic E-state index is -3.45. The number of nitrogens with two attached hydrogens (primary N) is 1. The quantitative estimate of drug-likeness (QED) is 0.861. The van der Waals surface area contributed by atoms with E-state index in [4.69, 9.17) is 5.73 Å². The molecule has 2 N–H and O–H groups in total. The molecule has 0 spiro atoms. The van der Waals surface area contributed by atoms with Crippen molar-refractivity contribution in [2.24, 2.45) is 5.73 Å². The number of sulfonamides is 1. The first-order valence-electron chi connectivity index (χ1n) is 7.18. The van der Waals surface area contributed by atoms with Gasteiger partial charge >= 0.3 is 0 Å². The van der Waals surface area contributed by atoms with Crippen molar-refractivity contribution in [3.8, 4) is 0 Å². The third-order valence-corrected chi connectivity index (χ3v) is 5.92. The smallest absolute Gasteiger partial charge is 0.244 e. The Morgan fingerprint density at radius 2 is 1.90 bits per heavy atom.